The number of hydrogen-bond donors (Lipinski definition) is 0. The third kappa shape index (κ3) is 16.4. The molecule has 8 nitrogen and oxygen atoms in total. The second-order valence-electron chi connectivity index (χ2n) is 15.2. The lowest BCUT2D eigenvalue weighted by Crippen LogP contribution is -2.09. The Hall–Kier alpha value is -6.16. The van der Waals surface area contributed by atoms with Gasteiger partial charge in [-0.2, -0.15) is 0 Å². The Morgan fingerprint density at radius 3 is 1.26 bits per heavy atom. The molecule has 5 rings (SSSR count). The third-order valence-corrected chi connectivity index (χ3v) is 10.1. The lowest BCUT2D eigenvalue weighted by atomic mass is 10.1. The zero-order valence-electron chi connectivity index (χ0n) is 36.0. The molecule has 0 atom stereocenters. The summed E-state index contributed by atoms with van der Waals surface area (Å²) in [5, 5.41) is 0. The van der Waals surface area contributed by atoms with Crippen molar-refractivity contribution in [3.05, 3.63) is 143 Å². The third-order valence-electron chi connectivity index (χ3n) is 10.1. The first-order valence-electron chi connectivity index (χ1n) is 22.0. The standard InChI is InChI=1S/C52H58F2N2O6/c1-3-5-7-9-11-13-15-32-59-49-30-20-41(35-47(49)53)51(57)61-45-26-22-43(23-27-45)55-37-39-18-17-19-40(34-39)38-56-44-24-28-46(29-25-44)62-52(58)42-21-31-50(48(54)36-42)60-33-16-14-12-10-8-6-4-2/h17-31,34-38H,3-16,32-33H2,1-2H3. The Labute approximate surface area is 365 Å². The van der Waals surface area contributed by atoms with Gasteiger partial charge in [-0.15, -0.1) is 0 Å². The van der Waals surface area contributed by atoms with E-state index in [9.17, 15) is 18.4 Å². The molecule has 0 radical (unpaired) electrons. The van der Waals surface area contributed by atoms with Crippen LogP contribution >= 0.6 is 0 Å². The van der Waals surface area contributed by atoms with Gasteiger partial charge < -0.3 is 18.9 Å². The molecule has 0 spiro atoms. The van der Waals surface area contributed by atoms with E-state index >= 15 is 0 Å². The molecule has 0 aromatic heterocycles. The van der Waals surface area contributed by atoms with E-state index in [4.69, 9.17) is 18.9 Å². The van der Waals surface area contributed by atoms with Crippen LogP contribution in [-0.4, -0.2) is 37.6 Å². The molecule has 0 aliphatic carbocycles. The lowest BCUT2D eigenvalue weighted by molar-refractivity contribution is 0.0724. The number of aliphatic imine (C=N–C) groups is 2. The monoisotopic (exact) mass is 844 g/mol. The van der Waals surface area contributed by atoms with Gasteiger partial charge in [0.25, 0.3) is 0 Å². The molecule has 10 heteroatoms. The first-order valence-corrected chi connectivity index (χ1v) is 22.0. The molecular formula is C52H58F2N2O6. The topological polar surface area (TPSA) is 95.8 Å². The first-order chi connectivity index (χ1) is 30.3. The quantitative estimate of drug-likeness (QED) is 0.0238. The molecule has 0 amide bonds. The normalized spacial score (nSPS) is 11.3. The minimum absolute atomic E-state index is 0.0882. The number of ether oxygens (including phenoxy) is 4. The number of nitrogens with zero attached hydrogens (tertiary/aromatic N) is 2. The molecule has 0 bridgehead atoms. The van der Waals surface area contributed by atoms with Gasteiger partial charge in [0.1, 0.15) is 11.5 Å². The van der Waals surface area contributed by atoms with Crippen LogP contribution in [0.2, 0.25) is 0 Å². The summed E-state index contributed by atoms with van der Waals surface area (Å²) in [5.74, 6) is -1.70. The fourth-order valence-electron chi connectivity index (χ4n) is 6.52. The molecular weight excluding hydrogens is 787 g/mol. The van der Waals surface area contributed by atoms with Crippen molar-refractivity contribution in [2.24, 2.45) is 9.98 Å². The van der Waals surface area contributed by atoms with Crippen molar-refractivity contribution < 1.29 is 37.3 Å². The Balaban J connectivity index is 1.04. The number of carbonyl (C=O) groups excluding carboxylic acids is 2. The summed E-state index contributed by atoms with van der Waals surface area (Å²) in [6.07, 6.45) is 19.4. The van der Waals surface area contributed by atoms with Gasteiger partial charge in [-0.25, -0.2) is 18.4 Å². The van der Waals surface area contributed by atoms with E-state index < -0.39 is 23.6 Å². The number of carbonyl (C=O) groups is 2. The van der Waals surface area contributed by atoms with Gasteiger partial charge in [0.05, 0.1) is 35.7 Å². The molecule has 326 valence electrons. The van der Waals surface area contributed by atoms with E-state index in [1.165, 1.54) is 75.6 Å². The van der Waals surface area contributed by atoms with Crippen LogP contribution in [0.25, 0.3) is 0 Å². The van der Waals surface area contributed by atoms with Crippen LogP contribution < -0.4 is 18.9 Å². The number of hydrogen-bond acceptors (Lipinski definition) is 8. The predicted octanol–water partition coefficient (Wildman–Crippen LogP) is 14.2. The molecule has 0 heterocycles. The highest BCUT2D eigenvalue weighted by Gasteiger charge is 2.15. The Kier molecular flexibility index (Phi) is 19.8. The van der Waals surface area contributed by atoms with E-state index in [0.717, 1.165) is 61.8 Å². The molecule has 0 unspecified atom stereocenters. The van der Waals surface area contributed by atoms with Crippen LogP contribution in [0.3, 0.4) is 0 Å². The van der Waals surface area contributed by atoms with Crippen molar-refractivity contribution in [2.45, 2.75) is 104 Å². The largest absolute Gasteiger partial charge is 0.491 e. The number of benzene rings is 5. The minimum atomic E-state index is -0.675. The van der Waals surface area contributed by atoms with Gasteiger partial charge in [0.2, 0.25) is 0 Å². The molecule has 5 aromatic rings. The van der Waals surface area contributed by atoms with Gasteiger partial charge in [-0.3, -0.25) is 9.98 Å². The fourth-order valence-corrected chi connectivity index (χ4v) is 6.52. The summed E-state index contributed by atoms with van der Waals surface area (Å²) >= 11 is 0. The van der Waals surface area contributed by atoms with E-state index in [1.807, 2.05) is 24.3 Å². The van der Waals surface area contributed by atoms with Crippen LogP contribution in [0.15, 0.2) is 119 Å². The highest BCUT2D eigenvalue weighted by molar-refractivity contribution is 5.92. The molecule has 5 aromatic carbocycles. The molecule has 0 saturated heterocycles. The minimum Gasteiger partial charge on any atom is -0.491 e. The maximum atomic E-state index is 14.7. The lowest BCUT2D eigenvalue weighted by Gasteiger charge is -2.09. The Bertz CT molecular complexity index is 2050. The molecule has 0 saturated carbocycles. The SMILES string of the molecule is CCCCCCCCCOc1ccc(C(=O)Oc2ccc(N=Cc3cccc(C=Nc4ccc(OC(=O)c5ccc(OCCCCCCCCC)c(F)c5)cc4)c3)cc2)cc1F. The van der Waals surface area contributed by atoms with Gasteiger partial charge in [0.15, 0.2) is 23.1 Å². The molecule has 0 aliphatic heterocycles. The molecule has 0 fully saturated rings. The van der Waals surface area contributed by atoms with Gasteiger partial charge >= 0.3 is 11.9 Å². The van der Waals surface area contributed by atoms with E-state index in [2.05, 4.69) is 23.8 Å². The zero-order valence-corrected chi connectivity index (χ0v) is 36.0. The van der Waals surface area contributed by atoms with Crippen LogP contribution in [-0.2, 0) is 0 Å². The smallest absolute Gasteiger partial charge is 0.343 e. The fraction of sp³-hybridized carbons (Fsp3) is 0.346. The van der Waals surface area contributed by atoms with E-state index in [0.29, 0.717) is 36.1 Å². The number of unbranched alkanes of at least 4 members (excludes halogenated alkanes) is 12. The Morgan fingerprint density at radius 2 is 0.871 bits per heavy atom. The highest BCUT2D eigenvalue weighted by Crippen LogP contribution is 2.25. The van der Waals surface area contributed by atoms with Gasteiger partial charge in [0, 0.05) is 12.4 Å². The van der Waals surface area contributed by atoms with E-state index in [1.54, 1.807) is 61.0 Å². The van der Waals surface area contributed by atoms with Crippen molar-refractivity contribution in [1.82, 2.24) is 0 Å². The van der Waals surface area contributed by atoms with Crippen molar-refractivity contribution in [3.8, 4) is 23.0 Å². The van der Waals surface area contributed by atoms with E-state index in [-0.39, 0.29) is 22.6 Å². The highest BCUT2D eigenvalue weighted by atomic mass is 19.1. The number of esters is 2. The van der Waals surface area contributed by atoms with Crippen LogP contribution in [0.5, 0.6) is 23.0 Å². The van der Waals surface area contributed by atoms with Crippen molar-refractivity contribution in [2.75, 3.05) is 13.2 Å². The number of halogens is 2. The molecule has 0 aliphatic rings. The van der Waals surface area contributed by atoms with Crippen LogP contribution in [0.4, 0.5) is 20.2 Å². The van der Waals surface area contributed by atoms with Gasteiger partial charge in [-0.05, 0) is 115 Å². The maximum Gasteiger partial charge on any atom is 0.343 e. The summed E-state index contributed by atoms with van der Waals surface area (Å²) in [4.78, 5) is 34.5. The van der Waals surface area contributed by atoms with Crippen molar-refractivity contribution in [3.63, 3.8) is 0 Å². The molecule has 62 heavy (non-hydrogen) atoms. The maximum absolute atomic E-state index is 14.7. The summed E-state index contributed by atoms with van der Waals surface area (Å²) in [5.41, 5.74) is 3.14. The van der Waals surface area contributed by atoms with Crippen molar-refractivity contribution in [1.29, 1.82) is 0 Å². The molecule has 0 N–H and O–H groups in total. The second-order valence-corrected chi connectivity index (χ2v) is 15.2. The average molecular weight is 845 g/mol. The summed E-state index contributed by atoms with van der Waals surface area (Å²) in [6, 6.07) is 29.2. The summed E-state index contributed by atoms with van der Waals surface area (Å²) in [7, 11) is 0. The Morgan fingerprint density at radius 1 is 0.484 bits per heavy atom. The zero-order chi connectivity index (χ0) is 43.8. The summed E-state index contributed by atoms with van der Waals surface area (Å²) in [6.45, 7) is 5.25. The average Bonchev–Trinajstić information content (AvgIpc) is 3.28. The first kappa shape index (κ1) is 46.9. The second kappa shape index (κ2) is 26.2. The van der Waals surface area contributed by atoms with Crippen molar-refractivity contribution >= 4 is 35.7 Å². The predicted molar refractivity (Wildman–Crippen MR) is 244 cm³/mol. The number of rotatable bonds is 26. The van der Waals surface area contributed by atoms with Crippen LogP contribution in [0.1, 0.15) is 136 Å². The van der Waals surface area contributed by atoms with Crippen LogP contribution in [0, 0.1) is 11.6 Å². The van der Waals surface area contributed by atoms with Gasteiger partial charge in [-0.1, -0.05) is 109 Å². The summed E-state index contributed by atoms with van der Waals surface area (Å²) < 4.78 is 51.5.